The van der Waals surface area contributed by atoms with Gasteiger partial charge in [0.15, 0.2) is 5.60 Å². The molecule has 3 aromatic rings. The van der Waals surface area contributed by atoms with Crippen LogP contribution in [0, 0.1) is 36.4 Å². The molecule has 13 nitrogen and oxygen atoms in total. The number of phosphoric ester groups is 1. The Hall–Kier alpha value is -3.27. The highest BCUT2D eigenvalue weighted by atomic mass is 31.2. The van der Waals surface area contributed by atoms with Gasteiger partial charge >= 0.3 is 7.82 Å². The number of benzene rings is 1. The summed E-state index contributed by atoms with van der Waals surface area (Å²) in [5, 5.41) is 35.4. The van der Waals surface area contributed by atoms with Crippen LogP contribution in [0.4, 0.5) is 4.39 Å². The third-order valence-corrected chi connectivity index (χ3v) is 12.0. The van der Waals surface area contributed by atoms with E-state index in [1.807, 2.05) is 6.07 Å². The van der Waals surface area contributed by atoms with E-state index in [2.05, 4.69) is 22.9 Å². The molecule has 0 amide bonds. The fourth-order valence-electron chi connectivity index (χ4n) is 7.56. The fourth-order valence-corrected chi connectivity index (χ4v) is 8.32. The van der Waals surface area contributed by atoms with Crippen molar-refractivity contribution in [2.75, 3.05) is 26.4 Å². The summed E-state index contributed by atoms with van der Waals surface area (Å²) in [6.45, 7) is 3.28. The highest BCUT2D eigenvalue weighted by Gasteiger charge is 2.56. The van der Waals surface area contributed by atoms with E-state index < -0.39 is 56.9 Å². The van der Waals surface area contributed by atoms with Gasteiger partial charge in [0.1, 0.15) is 36.6 Å². The number of aliphatic hydroxyl groups excluding tert-OH is 2. The van der Waals surface area contributed by atoms with Gasteiger partial charge in [-0.2, -0.15) is 10.4 Å². The molecule has 15 heteroatoms. The number of nitrogens with zero attached hydrogens (tertiary/aromatic N) is 4. The van der Waals surface area contributed by atoms with Gasteiger partial charge in [-0.05, 0) is 49.2 Å². The van der Waals surface area contributed by atoms with E-state index in [-0.39, 0.29) is 24.5 Å². The van der Waals surface area contributed by atoms with Crippen LogP contribution in [-0.4, -0.2) is 80.5 Å². The zero-order chi connectivity index (χ0) is 43.2. The van der Waals surface area contributed by atoms with Crippen LogP contribution in [0.1, 0.15) is 145 Å². The van der Waals surface area contributed by atoms with Crippen molar-refractivity contribution in [1.82, 2.24) is 14.6 Å². The van der Waals surface area contributed by atoms with Crippen molar-refractivity contribution < 1.29 is 47.3 Å². The lowest BCUT2D eigenvalue weighted by atomic mass is 9.92. The molecule has 0 bridgehead atoms. The first-order valence-corrected chi connectivity index (χ1v) is 23.4. The number of phosphoric acid groups is 1. The lowest BCUT2D eigenvalue weighted by Crippen LogP contribution is -2.41. The first-order chi connectivity index (χ1) is 29.0. The minimum atomic E-state index is -4.79. The maximum atomic E-state index is 14.1. The van der Waals surface area contributed by atoms with Crippen LogP contribution in [-0.2, 0) is 40.0 Å². The molecule has 0 spiro atoms. The van der Waals surface area contributed by atoms with Gasteiger partial charge in [-0.1, -0.05) is 122 Å². The molecule has 1 aliphatic heterocycles. The number of fused-ring (bicyclic) bond motifs is 1. The van der Waals surface area contributed by atoms with Crippen LogP contribution in [0.25, 0.3) is 5.52 Å². The van der Waals surface area contributed by atoms with Crippen molar-refractivity contribution in [3.8, 4) is 18.4 Å². The maximum Gasteiger partial charge on any atom is 0.472 e. The lowest BCUT2D eigenvalue weighted by Gasteiger charge is -2.26. The summed E-state index contributed by atoms with van der Waals surface area (Å²) in [6.07, 6.45) is 24.8. The number of unbranched alkanes of at least 4 members (excludes halogenated alkanes) is 17. The molecule has 1 aromatic carbocycles. The fraction of sp³-hybridized carbons (Fsp3) is 0.667. The molecule has 6 atom stereocenters. The molecular weight excluding hydrogens is 790 g/mol. The van der Waals surface area contributed by atoms with Crippen LogP contribution in [0.15, 0.2) is 36.7 Å². The van der Waals surface area contributed by atoms with Gasteiger partial charge in [0, 0.05) is 6.61 Å². The minimum absolute atomic E-state index is 0.00894. The van der Waals surface area contributed by atoms with Crippen molar-refractivity contribution >= 4 is 13.3 Å². The molecule has 1 fully saturated rings. The highest BCUT2D eigenvalue weighted by molar-refractivity contribution is 7.47. The number of terminal acetylenes is 1. The molecule has 0 radical (unpaired) electrons. The predicted molar refractivity (Wildman–Crippen MR) is 226 cm³/mol. The molecule has 0 saturated carbocycles. The zero-order valence-corrected chi connectivity index (χ0v) is 36.4. The van der Waals surface area contributed by atoms with E-state index >= 15 is 0 Å². The van der Waals surface area contributed by atoms with E-state index in [0.29, 0.717) is 23.4 Å². The van der Waals surface area contributed by atoms with E-state index in [1.54, 1.807) is 19.1 Å². The van der Waals surface area contributed by atoms with Gasteiger partial charge < -0.3 is 29.3 Å². The summed E-state index contributed by atoms with van der Waals surface area (Å²) >= 11 is 0. The summed E-state index contributed by atoms with van der Waals surface area (Å²) in [4.78, 5) is 14.8. The molecular formula is C45H66FN4O9P. The van der Waals surface area contributed by atoms with Crippen molar-refractivity contribution in [2.45, 2.75) is 166 Å². The number of halogens is 1. The number of aryl methyl sites for hydroxylation is 1. The Kier molecular flexibility index (Phi) is 21.6. The van der Waals surface area contributed by atoms with Crippen molar-refractivity contribution in [2.24, 2.45) is 0 Å². The van der Waals surface area contributed by atoms with Gasteiger partial charge in [-0.15, -0.1) is 6.42 Å². The molecule has 0 aliphatic carbocycles. The molecule has 1 saturated heterocycles. The number of hydrogen-bond acceptors (Lipinski definition) is 11. The molecule has 1 aliphatic rings. The van der Waals surface area contributed by atoms with Gasteiger partial charge in [0.25, 0.3) is 0 Å². The largest absolute Gasteiger partial charge is 0.472 e. The number of aromatic nitrogens is 3. The average Bonchev–Trinajstić information content (AvgIpc) is 3.79. The second-order valence-electron chi connectivity index (χ2n) is 15.9. The molecule has 332 valence electrons. The third-order valence-electron chi connectivity index (χ3n) is 11.0. The Morgan fingerprint density at radius 2 is 1.55 bits per heavy atom. The van der Waals surface area contributed by atoms with Gasteiger partial charge in [0.2, 0.25) is 0 Å². The smallest absolute Gasteiger partial charge is 0.387 e. The monoisotopic (exact) mass is 856 g/mol. The summed E-state index contributed by atoms with van der Waals surface area (Å²) in [7, 11) is -4.79. The van der Waals surface area contributed by atoms with Gasteiger partial charge in [0.05, 0.1) is 55.0 Å². The number of ether oxygens (including phenoxy) is 3. The molecule has 2 aromatic heterocycles. The normalized spacial score (nSPS) is 20.6. The Morgan fingerprint density at radius 1 is 0.933 bits per heavy atom. The minimum Gasteiger partial charge on any atom is -0.387 e. The maximum absolute atomic E-state index is 14.1. The Bertz CT molecular complexity index is 1850. The number of rotatable bonds is 31. The van der Waals surface area contributed by atoms with Crippen molar-refractivity contribution in [3.05, 3.63) is 65.0 Å². The number of aliphatic hydroxyl groups is 2. The van der Waals surface area contributed by atoms with Crippen LogP contribution in [0.3, 0.4) is 0 Å². The molecule has 4 rings (SSSR count). The second kappa shape index (κ2) is 26.3. The number of nitriles is 1. The van der Waals surface area contributed by atoms with Crippen LogP contribution >= 0.6 is 7.82 Å². The highest BCUT2D eigenvalue weighted by Crippen LogP contribution is 2.46. The standard InChI is InChI=1S/C45H66FN4O9P/c1-4-6-7-8-9-10-11-12-13-14-15-16-17-18-19-20-21-22-25-55-31-39(56-30-37-26-36(29-47)27-38(46)28-37)32-57-60(53,54)58-33-41-43(51)44(52)45(5-2,59-41)42-24-23-40-35(3)48-34-49-50(40)42/h2,23-24,26-28,34,39,41,43-44,51-52H,4,6-22,25,30-33H2,1,3H3,(H,53,54)/t39-,41-,43-,44-,45+/m1/s1. The SMILES string of the molecule is C#C[C@@]1(c2ccc3c(C)ncnn23)O[C@H](COP(=O)(O)OC[C@@H](COCCCCCCCCCCCCCCCCCCCC)OCc2cc(F)cc(C#N)c2)[C@@H](O)[C@H]1O. The molecule has 3 heterocycles. The average molecular weight is 857 g/mol. The lowest BCUT2D eigenvalue weighted by molar-refractivity contribution is -0.0681. The van der Waals surface area contributed by atoms with Crippen LogP contribution in [0.2, 0.25) is 0 Å². The molecule has 1 unspecified atom stereocenters. The van der Waals surface area contributed by atoms with E-state index in [1.165, 1.54) is 119 Å². The van der Waals surface area contributed by atoms with Crippen LogP contribution in [0.5, 0.6) is 0 Å². The summed E-state index contributed by atoms with van der Waals surface area (Å²) in [5.41, 5.74) is 0.182. The Morgan fingerprint density at radius 3 is 2.15 bits per heavy atom. The van der Waals surface area contributed by atoms with Crippen molar-refractivity contribution in [3.63, 3.8) is 0 Å². The predicted octanol–water partition coefficient (Wildman–Crippen LogP) is 8.77. The molecule has 60 heavy (non-hydrogen) atoms. The van der Waals surface area contributed by atoms with Crippen LogP contribution < -0.4 is 0 Å². The first-order valence-electron chi connectivity index (χ1n) is 21.9. The van der Waals surface area contributed by atoms with Crippen molar-refractivity contribution in [1.29, 1.82) is 5.26 Å². The molecule has 3 N–H and O–H groups in total. The Balaban J connectivity index is 1.17. The topological polar surface area (TPSA) is 178 Å². The van der Waals surface area contributed by atoms with Gasteiger partial charge in [-0.25, -0.2) is 18.5 Å². The van der Waals surface area contributed by atoms with Gasteiger partial charge in [-0.3, -0.25) is 9.05 Å². The summed E-state index contributed by atoms with van der Waals surface area (Å²) in [5.74, 6) is 1.84. The second-order valence-corrected chi connectivity index (χ2v) is 17.3. The third kappa shape index (κ3) is 15.6. The van der Waals surface area contributed by atoms with E-state index in [4.69, 9.17) is 29.7 Å². The van der Waals surface area contributed by atoms with E-state index in [9.17, 15) is 29.3 Å². The summed E-state index contributed by atoms with van der Waals surface area (Å²) in [6, 6.07) is 9.05. The first kappa shape index (κ1) is 49.4. The summed E-state index contributed by atoms with van der Waals surface area (Å²) < 4.78 is 56.9. The number of hydrogen-bond donors (Lipinski definition) is 3. The van der Waals surface area contributed by atoms with E-state index in [0.717, 1.165) is 25.3 Å². The zero-order valence-electron chi connectivity index (χ0n) is 35.5. The Labute approximate surface area is 355 Å². The quantitative estimate of drug-likeness (QED) is 0.0319.